The van der Waals surface area contributed by atoms with Crippen molar-refractivity contribution in [1.29, 1.82) is 0 Å². The molecule has 0 aliphatic rings. The molecule has 0 spiro atoms. The summed E-state index contributed by atoms with van der Waals surface area (Å²) in [5, 5.41) is 4.07. The quantitative estimate of drug-likeness (QED) is 0.740. The average Bonchev–Trinajstić information content (AvgIpc) is 3.15. The third-order valence-corrected chi connectivity index (χ3v) is 4.06. The number of benzene rings is 2. The number of hydrogen-bond donors (Lipinski definition) is 0. The van der Waals surface area contributed by atoms with Gasteiger partial charge < -0.3 is 4.90 Å². The zero-order valence-electron chi connectivity index (χ0n) is 13.4. The normalized spacial score (nSPS) is 12.0. The van der Waals surface area contributed by atoms with E-state index in [1.807, 2.05) is 31.2 Å². The molecule has 1 amide bonds. The Hall–Kier alpha value is -3.02. The molecular formula is C18H17FN4O. The number of carbonyl (C=O) groups is 1. The van der Waals surface area contributed by atoms with Gasteiger partial charge in [-0.25, -0.2) is 14.1 Å². The molecule has 0 bridgehead atoms. The Morgan fingerprint density at radius 2 is 1.88 bits per heavy atom. The van der Waals surface area contributed by atoms with Gasteiger partial charge in [-0.15, -0.1) is 0 Å². The summed E-state index contributed by atoms with van der Waals surface area (Å²) in [5.74, 6) is -0.857. The average molecular weight is 324 g/mol. The van der Waals surface area contributed by atoms with Crippen LogP contribution in [-0.4, -0.2) is 32.6 Å². The van der Waals surface area contributed by atoms with Crippen molar-refractivity contribution in [1.82, 2.24) is 19.7 Å². The lowest BCUT2D eigenvalue weighted by Crippen LogP contribution is -2.30. The molecule has 1 heterocycles. The highest BCUT2D eigenvalue weighted by molar-refractivity contribution is 5.94. The van der Waals surface area contributed by atoms with Gasteiger partial charge in [0.1, 0.15) is 18.5 Å². The molecule has 0 fully saturated rings. The number of hydrogen-bond acceptors (Lipinski definition) is 3. The summed E-state index contributed by atoms with van der Waals surface area (Å²) in [5.41, 5.74) is 1.91. The summed E-state index contributed by atoms with van der Waals surface area (Å²) >= 11 is 0. The first kappa shape index (κ1) is 15.9. The largest absolute Gasteiger partial charge is 0.335 e. The Kier molecular flexibility index (Phi) is 4.37. The van der Waals surface area contributed by atoms with Gasteiger partial charge in [-0.3, -0.25) is 4.79 Å². The van der Waals surface area contributed by atoms with Gasteiger partial charge in [-0.2, -0.15) is 5.10 Å². The molecule has 3 aromatic rings. The van der Waals surface area contributed by atoms with Gasteiger partial charge in [0.25, 0.3) is 5.91 Å². The van der Waals surface area contributed by atoms with Crippen molar-refractivity contribution in [3.63, 3.8) is 0 Å². The Morgan fingerprint density at radius 3 is 2.50 bits per heavy atom. The van der Waals surface area contributed by atoms with Crippen LogP contribution in [0.4, 0.5) is 4.39 Å². The topological polar surface area (TPSA) is 51.0 Å². The van der Waals surface area contributed by atoms with Gasteiger partial charge in [0.2, 0.25) is 0 Å². The molecule has 0 aliphatic heterocycles. The fraction of sp³-hybridized carbons (Fsp3) is 0.167. The zero-order valence-corrected chi connectivity index (χ0v) is 13.4. The first-order chi connectivity index (χ1) is 11.6. The van der Waals surface area contributed by atoms with Gasteiger partial charge >= 0.3 is 0 Å². The maximum atomic E-state index is 13.8. The summed E-state index contributed by atoms with van der Waals surface area (Å²) in [6, 6.07) is 13.5. The van der Waals surface area contributed by atoms with E-state index in [-0.39, 0.29) is 17.5 Å². The van der Waals surface area contributed by atoms with E-state index in [2.05, 4.69) is 10.1 Å². The monoisotopic (exact) mass is 324 g/mol. The van der Waals surface area contributed by atoms with E-state index in [1.54, 1.807) is 30.2 Å². The predicted octanol–water partition coefficient (Wildman–Crippen LogP) is 3.24. The molecule has 2 aromatic carbocycles. The third kappa shape index (κ3) is 3.03. The first-order valence-electron chi connectivity index (χ1n) is 7.54. The van der Waals surface area contributed by atoms with Crippen molar-refractivity contribution < 1.29 is 9.18 Å². The molecule has 1 aromatic heterocycles. The van der Waals surface area contributed by atoms with Crippen LogP contribution < -0.4 is 0 Å². The number of rotatable bonds is 4. The van der Waals surface area contributed by atoms with E-state index in [0.29, 0.717) is 0 Å². The van der Waals surface area contributed by atoms with Crippen molar-refractivity contribution in [2.24, 2.45) is 0 Å². The van der Waals surface area contributed by atoms with E-state index in [9.17, 15) is 9.18 Å². The second-order valence-electron chi connectivity index (χ2n) is 5.50. The van der Waals surface area contributed by atoms with Gasteiger partial charge in [0.15, 0.2) is 0 Å². The van der Waals surface area contributed by atoms with Crippen molar-refractivity contribution in [2.45, 2.75) is 13.0 Å². The Bertz CT molecular complexity index is 830. The molecule has 3 rings (SSSR count). The lowest BCUT2D eigenvalue weighted by Gasteiger charge is -2.25. The maximum Gasteiger partial charge on any atom is 0.257 e. The van der Waals surface area contributed by atoms with Crippen LogP contribution in [0.15, 0.2) is 61.2 Å². The fourth-order valence-corrected chi connectivity index (χ4v) is 2.47. The van der Waals surface area contributed by atoms with Crippen LogP contribution in [0.25, 0.3) is 5.69 Å². The minimum absolute atomic E-state index is 0.0751. The van der Waals surface area contributed by atoms with Crippen molar-refractivity contribution in [3.05, 3.63) is 78.1 Å². The minimum atomic E-state index is -0.511. The molecule has 122 valence electrons. The summed E-state index contributed by atoms with van der Waals surface area (Å²) in [6.45, 7) is 1.91. The van der Waals surface area contributed by atoms with Gasteiger partial charge in [0.05, 0.1) is 17.3 Å². The highest BCUT2D eigenvalue weighted by Crippen LogP contribution is 2.22. The lowest BCUT2D eigenvalue weighted by atomic mass is 10.1. The van der Waals surface area contributed by atoms with E-state index in [1.165, 1.54) is 23.4 Å². The minimum Gasteiger partial charge on any atom is -0.335 e. The highest BCUT2D eigenvalue weighted by atomic mass is 19.1. The summed E-state index contributed by atoms with van der Waals surface area (Å²) < 4.78 is 15.5. The number of halogens is 1. The molecule has 6 heteroatoms. The van der Waals surface area contributed by atoms with Crippen molar-refractivity contribution >= 4 is 5.91 Å². The van der Waals surface area contributed by atoms with Crippen molar-refractivity contribution in [2.75, 3.05) is 7.05 Å². The van der Waals surface area contributed by atoms with Crippen LogP contribution in [0.1, 0.15) is 28.9 Å². The van der Waals surface area contributed by atoms with E-state index in [4.69, 9.17) is 0 Å². The maximum absolute atomic E-state index is 13.8. The van der Waals surface area contributed by atoms with E-state index >= 15 is 0 Å². The summed E-state index contributed by atoms with van der Waals surface area (Å²) in [4.78, 5) is 17.9. The smallest absolute Gasteiger partial charge is 0.257 e. The SMILES string of the molecule is C[C@H](c1ccc(-n2cncn2)cc1)N(C)C(=O)c1ccccc1F. The summed E-state index contributed by atoms with van der Waals surface area (Å²) in [6.07, 6.45) is 3.09. The highest BCUT2D eigenvalue weighted by Gasteiger charge is 2.21. The Labute approximate surface area is 139 Å². The van der Waals surface area contributed by atoms with E-state index < -0.39 is 5.82 Å². The van der Waals surface area contributed by atoms with Crippen LogP contribution in [0.2, 0.25) is 0 Å². The molecule has 1 atom stereocenters. The third-order valence-electron chi connectivity index (χ3n) is 4.06. The number of carbonyl (C=O) groups excluding carboxylic acids is 1. The molecule has 0 N–H and O–H groups in total. The number of amides is 1. The lowest BCUT2D eigenvalue weighted by molar-refractivity contribution is 0.0738. The molecular weight excluding hydrogens is 307 g/mol. The van der Waals surface area contributed by atoms with Crippen LogP contribution in [0.5, 0.6) is 0 Å². The first-order valence-corrected chi connectivity index (χ1v) is 7.54. The van der Waals surface area contributed by atoms with Crippen LogP contribution in [0.3, 0.4) is 0 Å². The fourth-order valence-electron chi connectivity index (χ4n) is 2.47. The van der Waals surface area contributed by atoms with Crippen LogP contribution in [0, 0.1) is 5.82 Å². The molecule has 0 aliphatic carbocycles. The molecule has 0 saturated heterocycles. The Balaban J connectivity index is 1.79. The number of nitrogens with zero attached hydrogens (tertiary/aromatic N) is 4. The molecule has 24 heavy (non-hydrogen) atoms. The predicted molar refractivity (Wildman–Crippen MR) is 88.3 cm³/mol. The van der Waals surface area contributed by atoms with Crippen molar-refractivity contribution in [3.8, 4) is 5.69 Å². The molecule has 0 saturated carbocycles. The number of aromatic nitrogens is 3. The van der Waals surface area contributed by atoms with Gasteiger partial charge in [-0.1, -0.05) is 24.3 Å². The second kappa shape index (κ2) is 6.62. The summed E-state index contributed by atoms with van der Waals surface area (Å²) in [7, 11) is 1.67. The van der Waals surface area contributed by atoms with E-state index in [0.717, 1.165) is 11.3 Å². The second-order valence-corrected chi connectivity index (χ2v) is 5.50. The van der Waals surface area contributed by atoms with Gasteiger partial charge in [-0.05, 0) is 36.8 Å². The Morgan fingerprint density at radius 1 is 1.17 bits per heavy atom. The molecule has 0 unspecified atom stereocenters. The zero-order chi connectivity index (χ0) is 17.1. The standard InChI is InChI=1S/C18H17FN4O/c1-13(22(2)18(24)16-5-3-4-6-17(16)19)14-7-9-15(10-8-14)23-12-20-11-21-23/h3-13H,1-2H3/t13-/m1/s1. The van der Waals surface area contributed by atoms with Gasteiger partial charge in [0, 0.05) is 7.05 Å². The van der Waals surface area contributed by atoms with Crippen LogP contribution >= 0.6 is 0 Å². The van der Waals surface area contributed by atoms with Crippen LogP contribution in [-0.2, 0) is 0 Å². The molecule has 5 nitrogen and oxygen atoms in total. The molecule has 0 radical (unpaired) electrons.